The molecule has 0 spiro atoms. The van der Waals surface area contributed by atoms with Gasteiger partial charge in [-0.05, 0) is 30.7 Å². The Hall–Kier alpha value is -2.01. The summed E-state index contributed by atoms with van der Waals surface area (Å²) in [6.07, 6.45) is 2.97. The second-order valence-corrected chi connectivity index (χ2v) is 4.25. The summed E-state index contributed by atoms with van der Waals surface area (Å²) in [6, 6.07) is 4.50. The molecule has 0 radical (unpaired) electrons. The molecule has 0 bridgehead atoms. The van der Waals surface area contributed by atoms with Gasteiger partial charge in [-0.1, -0.05) is 11.6 Å². The van der Waals surface area contributed by atoms with Crippen LogP contribution in [-0.2, 0) is 0 Å². The highest BCUT2D eigenvalue weighted by Crippen LogP contribution is 2.23. The van der Waals surface area contributed by atoms with Crippen molar-refractivity contribution in [3.63, 3.8) is 0 Å². The Kier molecular flexibility index (Phi) is 2.48. The smallest absolute Gasteiger partial charge is 0.167 e. The predicted octanol–water partition coefficient (Wildman–Crippen LogP) is 2.92. The molecule has 0 unspecified atom stereocenters. The first-order valence-corrected chi connectivity index (χ1v) is 5.65. The number of aromatic nitrogens is 4. The SMILES string of the molecule is Cc1cc(F)ccc1-n1ncc2c(Cl)ncnc21. The molecule has 3 rings (SSSR count). The maximum absolute atomic E-state index is 13.1. The van der Waals surface area contributed by atoms with E-state index in [9.17, 15) is 4.39 Å². The van der Waals surface area contributed by atoms with Crippen LogP contribution in [0.2, 0.25) is 5.15 Å². The van der Waals surface area contributed by atoms with Crippen LogP contribution >= 0.6 is 11.6 Å². The molecule has 18 heavy (non-hydrogen) atoms. The molecule has 3 aromatic rings. The third-order valence-corrected chi connectivity index (χ3v) is 3.01. The van der Waals surface area contributed by atoms with Crippen molar-refractivity contribution in [2.24, 2.45) is 0 Å². The van der Waals surface area contributed by atoms with Crippen molar-refractivity contribution in [1.82, 2.24) is 19.7 Å². The summed E-state index contributed by atoms with van der Waals surface area (Å²) in [5.74, 6) is -0.277. The zero-order valence-electron chi connectivity index (χ0n) is 9.43. The highest BCUT2D eigenvalue weighted by atomic mass is 35.5. The number of nitrogens with zero attached hydrogens (tertiary/aromatic N) is 4. The highest BCUT2D eigenvalue weighted by molar-refractivity contribution is 6.33. The zero-order chi connectivity index (χ0) is 12.7. The summed E-state index contributed by atoms with van der Waals surface area (Å²) < 4.78 is 14.7. The normalized spacial score (nSPS) is 11.1. The second-order valence-electron chi connectivity index (χ2n) is 3.89. The molecule has 0 amide bonds. The summed E-state index contributed by atoms with van der Waals surface area (Å²) in [5, 5.41) is 5.25. The number of fused-ring (bicyclic) bond motifs is 1. The second kappa shape index (κ2) is 4.03. The summed E-state index contributed by atoms with van der Waals surface area (Å²) in [6.45, 7) is 1.81. The first-order valence-electron chi connectivity index (χ1n) is 5.27. The number of hydrogen-bond acceptors (Lipinski definition) is 3. The van der Waals surface area contributed by atoms with Gasteiger partial charge in [0.25, 0.3) is 0 Å². The number of hydrogen-bond donors (Lipinski definition) is 0. The molecule has 90 valence electrons. The standard InChI is InChI=1S/C12H8ClFN4/c1-7-4-8(14)2-3-10(7)18-12-9(5-17-18)11(13)15-6-16-12/h2-6H,1H3. The molecular weight excluding hydrogens is 255 g/mol. The maximum atomic E-state index is 13.1. The van der Waals surface area contributed by atoms with E-state index in [1.165, 1.54) is 18.5 Å². The first kappa shape index (κ1) is 11.1. The minimum Gasteiger partial charge on any atom is -0.224 e. The molecule has 0 aliphatic heterocycles. The number of rotatable bonds is 1. The molecule has 0 saturated carbocycles. The van der Waals surface area contributed by atoms with Gasteiger partial charge in [-0.2, -0.15) is 5.10 Å². The third-order valence-electron chi connectivity index (χ3n) is 2.70. The predicted molar refractivity (Wildman–Crippen MR) is 66.4 cm³/mol. The Balaban J connectivity index is 2.29. The van der Waals surface area contributed by atoms with Gasteiger partial charge in [-0.3, -0.25) is 0 Å². The van der Waals surface area contributed by atoms with Gasteiger partial charge in [0.1, 0.15) is 17.3 Å². The lowest BCUT2D eigenvalue weighted by Gasteiger charge is -2.06. The van der Waals surface area contributed by atoms with Crippen molar-refractivity contribution in [3.8, 4) is 5.69 Å². The van der Waals surface area contributed by atoms with E-state index in [1.54, 1.807) is 16.9 Å². The fourth-order valence-corrected chi connectivity index (χ4v) is 2.03. The lowest BCUT2D eigenvalue weighted by molar-refractivity contribution is 0.625. The Morgan fingerprint density at radius 3 is 2.89 bits per heavy atom. The maximum Gasteiger partial charge on any atom is 0.167 e. The van der Waals surface area contributed by atoms with E-state index in [1.807, 2.05) is 6.92 Å². The van der Waals surface area contributed by atoms with Crippen molar-refractivity contribution < 1.29 is 4.39 Å². The Morgan fingerprint density at radius 2 is 2.11 bits per heavy atom. The largest absolute Gasteiger partial charge is 0.224 e. The lowest BCUT2D eigenvalue weighted by atomic mass is 10.2. The molecule has 0 aliphatic carbocycles. The molecule has 2 aromatic heterocycles. The minimum absolute atomic E-state index is 0.277. The van der Waals surface area contributed by atoms with Gasteiger partial charge >= 0.3 is 0 Å². The average molecular weight is 263 g/mol. The first-order chi connectivity index (χ1) is 8.66. The van der Waals surface area contributed by atoms with Crippen LogP contribution in [0, 0.1) is 12.7 Å². The van der Waals surface area contributed by atoms with Crippen LogP contribution in [0.1, 0.15) is 5.56 Å². The van der Waals surface area contributed by atoms with E-state index >= 15 is 0 Å². The van der Waals surface area contributed by atoms with Crippen molar-refractivity contribution in [1.29, 1.82) is 0 Å². The molecular formula is C12H8ClFN4. The summed E-state index contributed by atoms with van der Waals surface area (Å²) in [4.78, 5) is 8.04. The fourth-order valence-electron chi connectivity index (χ4n) is 1.85. The molecule has 0 saturated heterocycles. The van der Waals surface area contributed by atoms with Crippen LogP contribution in [0.4, 0.5) is 4.39 Å². The Bertz CT molecular complexity index is 738. The Morgan fingerprint density at radius 1 is 1.28 bits per heavy atom. The lowest BCUT2D eigenvalue weighted by Crippen LogP contribution is -2.00. The van der Waals surface area contributed by atoms with E-state index in [0.29, 0.717) is 16.2 Å². The van der Waals surface area contributed by atoms with Crippen LogP contribution in [0.25, 0.3) is 16.7 Å². The van der Waals surface area contributed by atoms with Gasteiger partial charge in [0.2, 0.25) is 0 Å². The van der Waals surface area contributed by atoms with Crippen molar-refractivity contribution in [2.75, 3.05) is 0 Å². The highest BCUT2D eigenvalue weighted by Gasteiger charge is 2.11. The van der Waals surface area contributed by atoms with Crippen LogP contribution in [0.3, 0.4) is 0 Å². The van der Waals surface area contributed by atoms with Gasteiger partial charge in [0, 0.05) is 0 Å². The van der Waals surface area contributed by atoms with Crippen molar-refractivity contribution >= 4 is 22.6 Å². The third kappa shape index (κ3) is 1.64. The quantitative estimate of drug-likeness (QED) is 0.634. The van der Waals surface area contributed by atoms with E-state index in [4.69, 9.17) is 11.6 Å². The number of aryl methyl sites for hydroxylation is 1. The zero-order valence-corrected chi connectivity index (χ0v) is 10.2. The minimum atomic E-state index is -0.277. The fraction of sp³-hybridized carbons (Fsp3) is 0.0833. The van der Waals surface area contributed by atoms with Crippen LogP contribution in [0.5, 0.6) is 0 Å². The van der Waals surface area contributed by atoms with Gasteiger partial charge in [-0.15, -0.1) is 0 Å². The van der Waals surface area contributed by atoms with Crippen LogP contribution < -0.4 is 0 Å². The van der Waals surface area contributed by atoms with Gasteiger partial charge in [0.15, 0.2) is 5.65 Å². The Labute approximate surface area is 107 Å². The van der Waals surface area contributed by atoms with Crippen molar-refractivity contribution in [3.05, 3.63) is 47.3 Å². The monoisotopic (exact) mass is 262 g/mol. The van der Waals surface area contributed by atoms with E-state index in [0.717, 1.165) is 11.3 Å². The number of halogens is 2. The van der Waals surface area contributed by atoms with Crippen LogP contribution in [-0.4, -0.2) is 19.7 Å². The molecule has 0 N–H and O–H groups in total. The molecule has 0 fully saturated rings. The van der Waals surface area contributed by atoms with Gasteiger partial charge in [-0.25, -0.2) is 19.0 Å². The molecule has 2 heterocycles. The topological polar surface area (TPSA) is 43.6 Å². The van der Waals surface area contributed by atoms with E-state index in [2.05, 4.69) is 15.1 Å². The molecule has 0 aliphatic rings. The van der Waals surface area contributed by atoms with E-state index in [-0.39, 0.29) is 5.82 Å². The van der Waals surface area contributed by atoms with Crippen molar-refractivity contribution in [2.45, 2.75) is 6.92 Å². The van der Waals surface area contributed by atoms with Crippen LogP contribution in [0.15, 0.2) is 30.7 Å². The number of benzene rings is 1. The molecule has 0 atom stereocenters. The van der Waals surface area contributed by atoms with E-state index < -0.39 is 0 Å². The molecule has 1 aromatic carbocycles. The average Bonchev–Trinajstić information content (AvgIpc) is 2.74. The molecule has 6 heteroatoms. The van der Waals surface area contributed by atoms with Gasteiger partial charge in [0.05, 0.1) is 17.3 Å². The molecule has 4 nitrogen and oxygen atoms in total. The summed E-state index contributed by atoms with van der Waals surface area (Å²) in [7, 11) is 0. The van der Waals surface area contributed by atoms with Gasteiger partial charge < -0.3 is 0 Å². The summed E-state index contributed by atoms with van der Waals surface area (Å²) in [5.41, 5.74) is 2.14. The summed E-state index contributed by atoms with van der Waals surface area (Å²) >= 11 is 5.96.